The van der Waals surface area contributed by atoms with Gasteiger partial charge >= 0.3 is 0 Å². The zero-order chi connectivity index (χ0) is 129. The van der Waals surface area contributed by atoms with Gasteiger partial charge in [0, 0.05) is 163 Å². The van der Waals surface area contributed by atoms with Gasteiger partial charge in [0.2, 0.25) is 22.9 Å². The number of rotatable bonds is 16. The van der Waals surface area contributed by atoms with Crippen LogP contribution in [0.15, 0.2) is 449 Å². The second kappa shape index (κ2) is 115. The van der Waals surface area contributed by atoms with Gasteiger partial charge in [0.05, 0.1) is 0 Å². The van der Waals surface area contributed by atoms with Gasteiger partial charge in [0.15, 0.2) is 11.6 Å². The third kappa shape index (κ3) is 61.5. The first kappa shape index (κ1) is 126. The SMILES string of the molecule is CC.CC.CC.CC.CC.CC(C)(c1ccccc1)c1ccc(C(C)(c2ccccc2)c2ccccc2)cc1.CC(C)(c1ccccc1)c1ccccc1.CC(C)(c1ccccc1)c1ccccc1.CC(c1ccccc1)(c1ccccc1)c1ccccc1.O=C(c1ccccc1)c1ccccc1.O=C(c1ccccc1)c1ccccc1.[2H]OC.[2H]OC.[2H]OC.[2H]OC.[2H]OC.[2H]OC.[2H]OC.[2H]OC.[2H]OC.[2H]OC.[2H]OC.[2H]OC.[2H]OC.[2H]OC.[2H]OC.[2H]OC. The molecule has 0 saturated heterocycles. The Morgan fingerprint density at radius 2 is 0.215 bits per heavy atom. The molecule has 0 atom stereocenters. The number of carbonyl (C=O) groups excluding carboxylic acids is 2. The van der Waals surface area contributed by atoms with Crippen LogP contribution in [-0.2, 0) is 27.1 Å². The molecule has 0 aliphatic rings. The topological polar surface area (TPSA) is 358 Å². The zero-order valence-electron chi connectivity index (χ0n) is 112. The summed E-state index contributed by atoms with van der Waals surface area (Å²) in [7, 11) is 20.7. The molecule has 824 valence electrons. The molecule has 15 aromatic rings. The lowest BCUT2D eigenvalue weighted by Gasteiger charge is -2.33. The van der Waals surface area contributed by atoms with Crippen LogP contribution in [0.1, 0.15) is 223 Å². The Kier molecular flexibility index (Phi) is 97.9. The Hall–Kier alpha value is -13.0. The van der Waals surface area contributed by atoms with Crippen LogP contribution in [0.3, 0.4) is 0 Å². The molecule has 149 heavy (non-hydrogen) atoms. The van der Waals surface area contributed by atoms with Crippen LogP contribution in [-0.4, -0.2) is 230 Å². The van der Waals surface area contributed by atoms with Crippen molar-refractivity contribution >= 4 is 11.6 Å². The Bertz CT molecular complexity index is 4920. The normalized spacial score (nSPS) is 10.2. The summed E-state index contributed by atoms with van der Waals surface area (Å²) in [5.41, 5.74) is 18.7. The molecule has 0 aliphatic heterocycles. The van der Waals surface area contributed by atoms with Crippen LogP contribution in [0.4, 0.5) is 0 Å². The molecule has 0 amide bonds. The van der Waals surface area contributed by atoms with Crippen LogP contribution in [0.25, 0.3) is 0 Å². The molecule has 0 unspecified atom stereocenters. The number of aliphatic hydroxyl groups excluding tert-OH is 16. The van der Waals surface area contributed by atoms with Crippen molar-refractivity contribution in [2.45, 2.75) is 152 Å². The van der Waals surface area contributed by atoms with Crippen LogP contribution in [0, 0.1) is 0 Å². The van der Waals surface area contributed by atoms with E-state index in [1.807, 2.05) is 191 Å². The van der Waals surface area contributed by atoms with E-state index < -0.39 is 0 Å². The van der Waals surface area contributed by atoms with Crippen molar-refractivity contribution in [3.05, 3.63) is 538 Å². The lowest BCUT2D eigenvalue weighted by atomic mass is 9.70. The molecule has 16 N–H and O–H groups in total. The molecule has 0 saturated carbocycles. The largest absolute Gasteiger partial charge is 0.400 e. The van der Waals surface area contributed by atoms with Gasteiger partial charge in [-0.05, 0) is 80.6 Å². The minimum Gasteiger partial charge on any atom is -0.400 e. The van der Waals surface area contributed by atoms with Crippen molar-refractivity contribution < 1.29 is 91.3 Å². The molecule has 18 nitrogen and oxygen atoms in total. The quantitative estimate of drug-likeness (QED) is 0.0316. The second-order valence-electron chi connectivity index (χ2n) is 28.5. The van der Waals surface area contributed by atoms with Crippen molar-refractivity contribution in [3.63, 3.8) is 0 Å². The van der Waals surface area contributed by atoms with E-state index in [1.54, 1.807) is 0 Å². The lowest BCUT2D eigenvalue weighted by Crippen LogP contribution is -2.26. The van der Waals surface area contributed by atoms with E-state index in [9.17, 15) is 9.59 Å². The predicted molar refractivity (Wildman–Crippen MR) is 638 cm³/mol. The molecular weight excluding hydrogens is 1860 g/mol. The minimum atomic E-state index is -0.196. The summed E-state index contributed by atoms with van der Waals surface area (Å²) in [6.07, 6.45) is 0. The predicted octanol–water partition coefficient (Wildman–Crippen LogP) is 25.1. The van der Waals surface area contributed by atoms with Crippen LogP contribution >= 0.6 is 0 Å². The average molecular weight is 2070 g/mol. The van der Waals surface area contributed by atoms with E-state index in [4.69, 9.17) is 22.9 Å². The molecule has 0 bridgehead atoms. The summed E-state index contributed by atoms with van der Waals surface area (Å²) in [4.78, 5) is 23.7. The molecule has 0 heterocycles. The van der Waals surface area contributed by atoms with E-state index >= 15 is 0 Å². The average Bonchev–Trinajstić information content (AvgIpc) is 0.772. The molecule has 0 aromatic heterocycles. The highest BCUT2D eigenvalue weighted by atomic mass is 16.3. The maximum absolute atomic E-state index is 11.8. The van der Waals surface area contributed by atoms with E-state index in [1.165, 1.54) is 181 Å². The standard InChI is InChI=1S/C29H28.C20H18.2C15H16.2C13H10O.5C2H6.16CH4O/c1-28(2,23-13-7-4-8-14-23)24-19-21-27(22-20-24)29(3,25-15-9-5-10-16-25)26-17-11-6-12-18-26;1-20(17-11-5-2-6-12-17,18-13-7-3-8-14-18)19-15-9-4-10-16-19;2*1-15(2,13-9-5-3-6-10-13)14-11-7-4-8-12-14;2*14-13(11-7-3-1-4-8-11)12-9-5-2-6-10-12;21*1-2/h4-22H,1-3H3;2-16H,1H3;2*3-12H,1-2H3;2*1-10H;5*1-2H3;16*2H,1H3/i;;;;;;;;;;;16*2D. The summed E-state index contributed by atoms with van der Waals surface area (Å²) in [5.74, 6) is 0.150. The monoisotopic (exact) mass is 2070 g/mol. The van der Waals surface area contributed by atoms with Gasteiger partial charge in [-0.2, -0.15) is 0 Å². The van der Waals surface area contributed by atoms with Gasteiger partial charge < -0.3 is 81.7 Å². The molecule has 0 aliphatic carbocycles. The molecule has 15 rings (SSSR count). The Labute approximate surface area is 924 Å². The summed E-state index contributed by atoms with van der Waals surface area (Å²) < 4.78 is 91.3. The van der Waals surface area contributed by atoms with Gasteiger partial charge in [0.25, 0.3) is 0 Å². The Morgan fingerprint density at radius 3 is 0.322 bits per heavy atom. The van der Waals surface area contributed by atoms with E-state index in [-0.39, 0.29) is 38.6 Å². The molecule has 15 aromatic carbocycles. The van der Waals surface area contributed by atoms with E-state index in [0.29, 0.717) is 0 Å². The van der Waals surface area contributed by atoms with Crippen LogP contribution in [0.5, 0.6) is 0 Å². The van der Waals surface area contributed by atoms with Gasteiger partial charge in [-0.25, -0.2) is 0 Å². The second-order valence-corrected chi connectivity index (χ2v) is 28.5. The third-order valence-corrected chi connectivity index (χ3v) is 20.6. The maximum atomic E-state index is 11.8. The van der Waals surface area contributed by atoms with E-state index in [2.05, 4.69) is 465 Å². The fourth-order valence-corrected chi connectivity index (χ4v) is 13.5. The van der Waals surface area contributed by atoms with Crippen molar-refractivity contribution in [1.82, 2.24) is 0 Å². The van der Waals surface area contributed by atoms with Gasteiger partial charge in [0.1, 0.15) is 0 Å². The van der Waals surface area contributed by atoms with Crippen LogP contribution < -0.4 is 0 Å². The molecule has 0 spiro atoms. The third-order valence-electron chi connectivity index (χ3n) is 20.6. The first-order valence-corrected chi connectivity index (χ1v) is 48.5. The summed E-state index contributed by atoms with van der Waals surface area (Å²) >= 11 is 0. The van der Waals surface area contributed by atoms with Crippen molar-refractivity contribution in [2.75, 3.05) is 114 Å². The maximum Gasteiger partial charge on any atom is 0.210 e. The highest BCUT2D eigenvalue weighted by Crippen LogP contribution is 2.42. The van der Waals surface area contributed by atoms with Crippen LogP contribution in [0.2, 0.25) is 0 Å². The molecular formula is C131H192O18. The fraction of sp³-hybridized carbons (Fsp3) is 0.298. The van der Waals surface area contributed by atoms with Gasteiger partial charge in [-0.1, -0.05) is 560 Å². The highest BCUT2D eigenvalue weighted by Gasteiger charge is 2.33. The van der Waals surface area contributed by atoms with Crippen molar-refractivity contribution in [3.8, 4) is 0 Å². The number of hydrogen-bond acceptors (Lipinski definition) is 18. The smallest absolute Gasteiger partial charge is 0.210 e. The Morgan fingerprint density at radius 1 is 0.141 bits per heavy atom. The van der Waals surface area contributed by atoms with Gasteiger partial charge in [-0.3, -0.25) is 9.59 Å². The first-order valence-electron chi connectivity index (χ1n) is 55.0. The van der Waals surface area contributed by atoms with Gasteiger partial charge in [-0.15, -0.1) is 0 Å². The van der Waals surface area contributed by atoms with Crippen molar-refractivity contribution in [2.24, 2.45) is 0 Å². The molecule has 0 radical (unpaired) electrons. The number of benzene rings is 15. The van der Waals surface area contributed by atoms with E-state index in [0.717, 1.165) is 22.3 Å². The summed E-state index contributed by atoms with van der Waals surface area (Å²) in [6.45, 7) is 38.3. The number of aliphatic hydroxyl groups is 16. The number of carbonyl (C=O) groups is 2. The summed E-state index contributed by atoms with van der Waals surface area (Å²) in [6, 6.07) is 153. The lowest BCUT2D eigenvalue weighted by molar-refractivity contribution is 0.103. The fourth-order valence-electron chi connectivity index (χ4n) is 13.5. The zero-order valence-corrected chi connectivity index (χ0v) is 95.6. The summed E-state index contributed by atoms with van der Waals surface area (Å²) in [5, 5.41) is 56.0. The number of ketones is 2. The highest BCUT2D eigenvalue weighted by molar-refractivity contribution is 6.09. The number of hydrogen-bond donors (Lipinski definition) is 16. The minimum absolute atomic E-state index is 0.0321. The first-order chi connectivity index (χ1) is 79.6. The molecule has 0 fully saturated rings. The van der Waals surface area contributed by atoms with Crippen molar-refractivity contribution in [1.29, 1.82) is 22.9 Å². The Balaban J connectivity index is -0.000000157. The molecule has 18 heteroatoms.